The molecular weight excluding hydrogens is 1300 g/mol. The number of aromatic nitrogens is 1. The van der Waals surface area contributed by atoms with Crippen LogP contribution in [0, 0.1) is 17.8 Å². The van der Waals surface area contributed by atoms with Crippen LogP contribution in [0.15, 0.2) is 60.8 Å². The van der Waals surface area contributed by atoms with Gasteiger partial charge in [0.2, 0.25) is 65.0 Å². The van der Waals surface area contributed by atoms with Gasteiger partial charge in [0.25, 0.3) is 0 Å². The molecule has 3 aromatic rings. The third-order valence-corrected chi connectivity index (χ3v) is 16.2. The van der Waals surface area contributed by atoms with Crippen LogP contribution in [0.1, 0.15) is 137 Å². The highest BCUT2D eigenvalue weighted by Crippen LogP contribution is 2.20. The van der Waals surface area contributed by atoms with E-state index < -0.39 is 194 Å². The summed E-state index contributed by atoms with van der Waals surface area (Å²) in [6.07, 6.45) is -2.06. The van der Waals surface area contributed by atoms with Gasteiger partial charge in [0.15, 0.2) is 0 Å². The summed E-state index contributed by atoms with van der Waals surface area (Å²) in [6.45, 7) is 12.0. The summed E-state index contributed by atoms with van der Waals surface area (Å²) < 4.78 is 0. The second-order valence-electron chi connectivity index (χ2n) is 25.8. The summed E-state index contributed by atoms with van der Waals surface area (Å²) in [7, 11) is 0. The van der Waals surface area contributed by atoms with Gasteiger partial charge in [-0.3, -0.25) is 62.3 Å². The monoisotopic (exact) mass is 1410 g/mol. The van der Waals surface area contributed by atoms with E-state index in [9.17, 15) is 87.5 Å². The summed E-state index contributed by atoms with van der Waals surface area (Å²) in [5.74, 6) is -15.6. The maximum Gasteiger partial charge on any atom is 0.326 e. The Morgan fingerprint density at radius 1 is 0.450 bits per heavy atom. The molecule has 0 unspecified atom stereocenters. The van der Waals surface area contributed by atoms with Crippen LogP contribution in [0.3, 0.4) is 0 Å². The van der Waals surface area contributed by atoms with Crippen molar-refractivity contribution in [3.8, 4) is 0 Å². The molecule has 0 saturated heterocycles. The number of para-hydroxylation sites is 1. The maximum absolute atomic E-state index is 14.4. The van der Waals surface area contributed by atoms with Crippen molar-refractivity contribution in [2.45, 2.75) is 211 Å². The molecule has 554 valence electrons. The van der Waals surface area contributed by atoms with E-state index in [0.29, 0.717) is 24.0 Å². The van der Waals surface area contributed by atoms with Gasteiger partial charge in [-0.25, -0.2) is 4.79 Å². The Morgan fingerprint density at radius 3 is 1.39 bits per heavy atom. The van der Waals surface area contributed by atoms with Crippen LogP contribution >= 0.6 is 0 Å². The summed E-state index contributed by atoms with van der Waals surface area (Å²) in [4.78, 5) is 192. The molecule has 0 saturated carbocycles. The zero-order valence-electron chi connectivity index (χ0n) is 58.0. The Bertz CT molecular complexity index is 3250. The number of hydrogen-bond donors (Lipinski definition) is 19. The molecule has 1 aromatic heterocycles. The molecule has 33 nitrogen and oxygen atoms in total. The van der Waals surface area contributed by atoms with Gasteiger partial charge in [-0.15, -0.1) is 0 Å². The number of aliphatic hydroxyl groups is 1. The van der Waals surface area contributed by atoms with Gasteiger partial charge < -0.3 is 101 Å². The molecule has 0 aliphatic heterocycles. The first kappa shape index (κ1) is 84.6. The lowest BCUT2D eigenvalue weighted by atomic mass is 10.0. The number of hydrogen-bond acceptors (Lipinski definition) is 18. The van der Waals surface area contributed by atoms with Gasteiger partial charge in [0, 0.05) is 42.8 Å². The number of carboxylic acid groups (broad SMARTS) is 3. The highest BCUT2D eigenvalue weighted by atomic mass is 16.4. The lowest BCUT2D eigenvalue weighted by Gasteiger charge is -2.29. The number of rotatable bonds is 46. The van der Waals surface area contributed by atoms with Crippen LogP contribution in [-0.4, -0.2) is 200 Å². The topological polar surface area (TPSA) is 546 Å². The summed E-state index contributed by atoms with van der Waals surface area (Å²) in [5.41, 5.74) is 19.6. The van der Waals surface area contributed by atoms with Crippen molar-refractivity contribution in [3.05, 3.63) is 71.9 Å². The predicted octanol–water partition coefficient (Wildman–Crippen LogP) is -1.92. The lowest BCUT2D eigenvalue weighted by Crippen LogP contribution is -2.61. The van der Waals surface area contributed by atoms with Gasteiger partial charge in [-0.1, -0.05) is 90.1 Å². The van der Waals surface area contributed by atoms with Crippen molar-refractivity contribution >= 4 is 93.8 Å². The second-order valence-corrected chi connectivity index (χ2v) is 25.8. The molecular formula is C67H103N15O18. The highest BCUT2D eigenvalue weighted by Gasteiger charge is 2.37. The molecule has 0 aliphatic rings. The van der Waals surface area contributed by atoms with Gasteiger partial charge in [0.05, 0.1) is 18.7 Å². The highest BCUT2D eigenvalue weighted by molar-refractivity contribution is 5.99. The molecule has 0 aliphatic carbocycles. The van der Waals surface area contributed by atoms with Crippen molar-refractivity contribution in [2.75, 3.05) is 19.6 Å². The third-order valence-electron chi connectivity index (χ3n) is 16.2. The molecule has 0 bridgehead atoms. The minimum Gasteiger partial charge on any atom is -0.481 e. The number of carbonyl (C=O) groups excluding carboxylic acids is 11. The van der Waals surface area contributed by atoms with Gasteiger partial charge in [-0.2, -0.15) is 0 Å². The van der Waals surface area contributed by atoms with Crippen LogP contribution < -0.4 is 75.7 Å². The van der Waals surface area contributed by atoms with E-state index in [2.05, 4.69) is 63.5 Å². The number of unbranched alkanes of at least 4 members (excludes halogenated alkanes) is 2. The minimum absolute atomic E-state index is 0.0242. The van der Waals surface area contributed by atoms with Crippen LogP contribution in [0.5, 0.6) is 0 Å². The maximum atomic E-state index is 14.4. The number of aliphatic carboxylic acids is 3. The molecule has 1 heterocycles. The minimum atomic E-state index is -1.81. The van der Waals surface area contributed by atoms with E-state index in [-0.39, 0.29) is 69.9 Å². The van der Waals surface area contributed by atoms with Crippen molar-refractivity contribution < 1.29 is 87.5 Å². The number of benzene rings is 2. The number of aromatic amines is 1. The van der Waals surface area contributed by atoms with E-state index >= 15 is 0 Å². The molecule has 22 N–H and O–H groups in total. The molecule has 0 spiro atoms. The number of carboxylic acids is 3. The number of carbonyl (C=O) groups is 14. The number of aliphatic hydroxyl groups excluding tert-OH is 1. The molecule has 3 rings (SSSR count). The van der Waals surface area contributed by atoms with E-state index in [4.69, 9.17) is 17.2 Å². The molecule has 12 atom stereocenters. The van der Waals surface area contributed by atoms with Crippen LogP contribution in [0.25, 0.3) is 10.9 Å². The van der Waals surface area contributed by atoms with Gasteiger partial charge in [0.1, 0.15) is 60.4 Å². The fourth-order valence-electron chi connectivity index (χ4n) is 10.4. The van der Waals surface area contributed by atoms with Crippen molar-refractivity contribution in [1.29, 1.82) is 0 Å². The fraction of sp³-hybridized carbons (Fsp3) is 0.582. The number of fused-ring (bicyclic) bond motifs is 1. The SMILES string of the molecule is CC(C)C[C@H](NC(=O)[C@H](Cc1c[nH]c2ccccc12)NC(=O)CNC(=O)[C@@H](NC(=O)[C@H](CCCCN)NC(=O)[C@H](CCC(=O)O)NC(=O)[C@H](CCCCN)NC(=O)[C@H](CCC(=O)O)NC(=O)[C@@H](NC(=O)[C@H](C)NC(=O)[C@H](Cc1ccccc1)NC(=O)[C@@H](N)C(C)C)C(C)C)[C@@H](C)O)C(=O)O. The third kappa shape index (κ3) is 29.5. The Morgan fingerprint density at radius 2 is 0.900 bits per heavy atom. The van der Waals surface area contributed by atoms with E-state index in [1.54, 1.807) is 102 Å². The van der Waals surface area contributed by atoms with Crippen molar-refractivity contribution in [1.82, 2.24) is 63.5 Å². The molecule has 2 aromatic carbocycles. The summed E-state index contributed by atoms with van der Waals surface area (Å²) in [5, 5.41) is 68.2. The first-order valence-corrected chi connectivity index (χ1v) is 33.6. The Labute approximate surface area is 580 Å². The lowest BCUT2D eigenvalue weighted by molar-refractivity contribution is -0.143. The quantitative estimate of drug-likeness (QED) is 0.0274. The van der Waals surface area contributed by atoms with Crippen LogP contribution in [0.2, 0.25) is 0 Å². The van der Waals surface area contributed by atoms with E-state index in [1.807, 2.05) is 0 Å². The van der Waals surface area contributed by atoms with Gasteiger partial charge >= 0.3 is 17.9 Å². The predicted molar refractivity (Wildman–Crippen MR) is 366 cm³/mol. The first-order chi connectivity index (χ1) is 47.2. The average molecular weight is 1410 g/mol. The average Bonchev–Trinajstić information content (AvgIpc) is 1.64. The molecule has 33 heteroatoms. The smallest absolute Gasteiger partial charge is 0.326 e. The van der Waals surface area contributed by atoms with E-state index in [0.717, 1.165) is 17.8 Å². The molecule has 0 radical (unpaired) electrons. The normalized spacial score (nSPS) is 14.9. The molecule has 100 heavy (non-hydrogen) atoms. The Balaban J connectivity index is 1.85. The van der Waals surface area contributed by atoms with Crippen LogP contribution in [0.4, 0.5) is 0 Å². The van der Waals surface area contributed by atoms with Crippen LogP contribution in [-0.2, 0) is 80.0 Å². The Hall–Kier alpha value is -9.60. The second kappa shape index (κ2) is 43.0. The van der Waals surface area contributed by atoms with Crippen molar-refractivity contribution in [2.24, 2.45) is 35.0 Å². The first-order valence-electron chi connectivity index (χ1n) is 33.6. The zero-order chi connectivity index (χ0) is 74.9. The zero-order valence-corrected chi connectivity index (χ0v) is 58.0. The standard InChI is InChI=1S/C67H103N15O18/c1-35(2)30-50(67(99)100)80-63(95)49(32-41-33-71-43-21-13-12-20-42(41)43)74-51(84)34-72-65(97)56(39(8)83)82-61(93)45(23-15-17-29-69)76-59(91)46(24-26-52(85)86)77-58(90)44(22-14-16-28-68)75-60(92)47(25-27-53(87)88)78-66(98)55(37(5)6)81-57(89)38(7)73-62(94)48(31-40-18-10-9-11-19-40)79-64(96)54(70)36(3)4/h9-13,18-21,33,35-39,44-50,54-56,71,83H,14-17,22-32,34,68-70H2,1-8H3,(H,72,97)(H,73,94)(H,74,84)(H,75,92)(H,76,91)(H,77,90)(H,78,98)(H,79,96)(H,80,95)(H,81,89)(H,82,93)(H,85,86)(H,87,88)(H,99,100)/t38-,39+,44-,45-,46-,47-,48-,49-,50-,54-,55-,56-/m0/s1. The number of nitrogens with two attached hydrogens (primary N) is 3. The van der Waals surface area contributed by atoms with Crippen molar-refractivity contribution in [3.63, 3.8) is 0 Å². The summed E-state index contributed by atoms with van der Waals surface area (Å²) >= 11 is 0. The molecule has 0 fully saturated rings. The Kier molecular flexibility index (Phi) is 36.4. The van der Waals surface area contributed by atoms with Gasteiger partial charge in [-0.05, 0) is 120 Å². The fourth-order valence-corrected chi connectivity index (χ4v) is 10.4. The number of amides is 11. The largest absolute Gasteiger partial charge is 0.481 e. The number of H-pyrrole nitrogens is 1. The van der Waals surface area contributed by atoms with E-state index in [1.165, 1.54) is 6.92 Å². The summed E-state index contributed by atoms with van der Waals surface area (Å²) in [6, 6.07) is -0.148. The number of nitrogens with one attached hydrogen (secondary N) is 12. The molecule has 11 amide bonds.